The van der Waals surface area contributed by atoms with Gasteiger partial charge in [-0.1, -0.05) is 12.1 Å². The maximum absolute atomic E-state index is 12.6. The Morgan fingerprint density at radius 1 is 1.30 bits per heavy atom. The van der Waals surface area contributed by atoms with Gasteiger partial charge in [-0.25, -0.2) is 13.6 Å². The quantitative estimate of drug-likeness (QED) is 0.900. The van der Waals surface area contributed by atoms with Gasteiger partial charge >= 0.3 is 6.09 Å². The number of nitrogens with one attached hydrogen (secondary N) is 1. The Labute approximate surface area is 117 Å². The lowest BCUT2D eigenvalue weighted by Gasteiger charge is -2.21. The van der Waals surface area contributed by atoms with Gasteiger partial charge in [0.1, 0.15) is 5.60 Å². The Bertz CT molecular complexity index is 509. The van der Waals surface area contributed by atoms with Crippen LogP contribution in [0.4, 0.5) is 13.6 Å². The van der Waals surface area contributed by atoms with Crippen molar-refractivity contribution in [2.45, 2.75) is 51.7 Å². The highest BCUT2D eigenvalue weighted by Crippen LogP contribution is 2.27. The molecule has 110 valence electrons. The van der Waals surface area contributed by atoms with Crippen molar-refractivity contribution in [2.75, 3.05) is 0 Å². The number of hydrogen-bond donors (Lipinski definition) is 1. The van der Waals surface area contributed by atoms with E-state index in [9.17, 15) is 13.6 Å². The molecule has 1 amide bonds. The molecule has 0 bridgehead atoms. The third-order valence-corrected chi connectivity index (χ3v) is 3.14. The van der Waals surface area contributed by atoms with Crippen molar-refractivity contribution in [3.8, 4) is 0 Å². The minimum absolute atomic E-state index is 0.0293. The molecule has 0 saturated carbocycles. The van der Waals surface area contributed by atoms with Gasteiger partial charge < -0.3 is 10.1 Å². The Kier molecular flexibility index (Phi) is 3.97. The summed E-state index contributed by atoms with van der Waals surface area (Å²) in [4.78, 5) is 11.7. The summed E-state index contributed by atoms with van der Waals surface area (Å²) < 4.78 is 30.5. The standard InChI is InChI=1S/C15H19F2NO2/c1-15(2,3)20-14(19)18-12-7-9-4-5-10(13(16)17)6-11(9)8-12/h4-6,12-13H,7-8H2,1-3H3,(H,18,19). The predicted molar refractivity (Wildman–Crippen MR) is 72.0 cm³/mol. The number of hydrogen-bond acceptors (Lipinski definition) is 2. The van der Waals surface area contributed by atoms with Crippen molar-refractivity contribution in [1.29, 1.82) is 0 Å². The van der Waals surface area contributed by atoms with E-state index in [0.717, 1.165) is 11.1 Å². The zero-order valence-corrected chi connectivity index (χ0v) is 11.9. The van der Waals surface area contributed by atoms with Crippen LogP contribution in [0.15, 0.2) is 18.2 Å². The first-order valence-electron chi connectivity index (χ1n) is 6.64. The van der Waals surface area contributed by atoms with Crippen molar-refractivity contribution in [2.24, 2.45) is 0 Å². The SMILES string of the molecule is CC(C)(C)OC(=O)NC1Cc2ccc(C(F)F)cc2C1. The van der Waals surface area contributed by atoms with Gasteiger partial charge in [0.25, 0.3) is 6.43 Å². The fraction of sp³-hybridized carbons (Fsp3) is 0.533. The van der Waals surface area contributed by atoms with E-state index in [1.165, 1.54) is 12.1 Å². The van der Waals surface area contributed by atoms with E-state index in [-0.39, 0.29) is 11.6 Å². The molecule has 5 heteroatoms. The van der Waals surface area contributed by atoms with Crippen molar-refractivity contribution < 1.29 is 18.3 Å². The number of carbonyl (C=O) groups is 1. The average molecular weight is 283 g/mol. The highest BCUT2D eigenvalue weighted by atomic mass is 19.3. The molecular formula is C15H19F2NO2. The molecule has 1 N–H and O–H groups in total. The van der Waals surface area contributed by atoms with Crippen molar-refractivity contribution in [1.82, 2.24) is 5.32 Å². The normalized spacial score (nSPS) is 18.0. The number of alkyl halides is 2. The van der Waals surface area contributed by atoms with Gasteiger partial charge in [0, 0.05) is 11.6 Å². The molecule has 1 aliphatic carbocycles. The van der Waals surface area contributed by atoms with Crippen LogP contribution < -0.4 is 5.32 Å². The van der Waals surface area contributed by atoms with Crippen LogP contribution in [0.1, 0.15) is 43.9 Å². The Morgan fingerprint density at radius 2 is 1.95 bits per heavy atom. The molecule has 1 aliphatic rings. The van der Waals surface area contributed by atoms with E-state index >= 15 is 0 Å². The minimum Gasteiger partial charge on any atom is -0.444 e. The fourth-order valence-electron chi connectivity index (χ4n) is 2.35. The average Bonchev–Trinajstić information content (AvgIpc) is 2.66. The lowest BCUT2D eigenvalue weighted by atomic mass is 10.1. The third kappa shape index (κ3) is 3.68. The van der Waals surface area contributed by atoms with Crippen LogP contribution in [-0.2, 0) is 17.6 Å². The molecule has 0 radical (unpaired) electrons. The van der Waals surface area contributed by atoms with Crippen LogP contribution in [0, 0.1) is 0 Å². The van der Waals surface area contributed by atoms with Crippen molar-refractivity contribution >= 4 is 6.09 Å². The van der Waals surface area contributed by atoms with Crippen LogP contribution in [0.3, 0.4) is 0 Å². The number of fused-ring (bicyclic) bond motifs is 1. The minimum atomic E-state index is -2.46. The Hall–Kier alpha value is -1.65. The van der Waals surface area contributed by atoms with Crippen LogP contribution >= 0.6 is 0 Å². The summed E-state index contributed by atoms with van der Waals surface area (Å²) in [5.41, 5.74) is 1.37. The lowest BCUT2D eigenvalue weighted by molar-refractivity contribution is 0.0506. The fourth-order valence-corrected chi connectivity index (χ4v) is 2.35. The highest BCUT2D eigenvalue weighted by Gasteiger charge is 2.26. The van der Waals surface area contributed by atoms with Crippen LogP contribution in [0.5, 0.6) is 0 Å². The second kappa shape index (κ2) is 5.38. The van der Waals surface area contributed by atoms with Gasteiger partial charge in [0.15, 0.2) is 0 Å². The second-order valence-corrected chi connectivity index (χ2v) is 6.08. The number of amides is 1. The molecule has 0 aromatic heterocycles. The van der Waals surface area contributed by atoms with E-state index in [2.05, 4.69) is 5.32 Å². The molecule has 3 nitrogen and oxygen atoms in total. The van der Waals surface area contributed by atoms with Crippen LogP contribution in [0.2, 0.25) is 0 Å². The van der Waals surface area contributed by atoms with Gasteiger partial charge in [0.05, 0.1) is 0 Å². The van der Waals surface area contributed by atoms with Crippen molar-refractivity contribution in [3.05, 3.63) is 34.9 Å². The van der Waals surface area contributed by atoms with Gasteiger partial charge in [0.2, 0.25) is 0 Å². The molecule has 20 heavy (non-hydrogen) atoms. The number of rotatable bonds is 2. The Balaban J connectivity index is 1.98. The number of ether oxygens (including phenoxy) is 1. The number of halogens is 2. The maximum Gasteiger partial charge on any atom is 0.407 e. The molecule has 2 rings (SSSR count). The molecule has 0 spiro atoms. The van der Waals surface area contributed by atoms with E-state index in [4.69, 9.17) is 4.74 Å². The smallest absolute Gasteiger partial charge is 0.407 e. The number of carbonyl (C=O) groups excluding carboxylic acids is 1. The molecular weight excluding hydrogens is 264 g/mol. The molecule has 1 aromatic rings. The summed E-state index contributed by atoms with van der Waals surface area (Å²) in [5, 5.41) is 2.78. The molecule has 0 heterocycles. The van der Waals surface area contributed by atoms with E-state index in [1.54, 1.807) is 26.8 Å². The molecule has 0 saturated heterocycles. The molecule has 0 fully saturated rings. The van der Waals surface area contributed by atoms with Gasteiger partial charge in [-0.15, -0.1) is 0 Å². The first kappa shape index (κ1) is 14.8. The molecule has 1 unspecified atom stereocenters. The summed E-state index contributed by atoms with van der Waals surface area (Å²) in [5.74, 6) is 0. The maximum atomic E-state index is 12.6. The summed E-state index contributed by atoms with van der Waals surface area (Å²) in [7, 11) is 0. The summed E-state index contributed by atoms with van der Waals surface area (Å²) in [6.07, 6.45) is -1.71. The zero-order chi connectivity index (χ0) is 14.9. The lowest BCUT2D eigenvalue weighted by Crippen LogP contribution is -2.39. The number of alkyl carbamates (subject to hydrolysis) is 1. The largest absolute Gasteiger partial charge is 0.444 e. The van der Waals surface area contributed by atoms with E-state index in [0.29, 0.717) is 12.8 Å². The molecule has 0 aliphatic heterocycles. The summed E-state index contributed by atoms with van der Waals surface area (Å²) >= 11 is 0. The van der Waals surface area contributed by atoms with Crippen LogP contribution in [-0.4, -0.2) is 17.7 Å². The first-order valence-corrected chi connectivity index (χ1v) is 6.64. The molecule has 1 atom stereocenters. The predicted octanol–water partition coefficient (Wildman–Crippen LogP) is 3.62. The van der Waals surface area contributed by atoms with Gasteiger partial charge in [-0.05, 0) is 50.8 Å². The number of benzene rings is 1. The summed E-state index contributed by atoms with van der Waals surface area (Å²) in [6.45, 7) is 5.39. The Morgan fingerprint density at radius 3 is 2.55 bits per heavy atom. The van der Waals surface area contributed by atoms with E-state index in [1.807, 2.05) is 0 Å². The first-order chi connectivity index (χ1) is 9.24. The highest BCUT2D eigenvalue weighted by molar-refractivity contribution is 5.68. The molecule has 1 aromatic carbocycles. The van der Waals surface area contributed by atoms with Gasteiger partial charge in [-0.3, -0.25) is 0 Å². The van der Waals surface area contributed by atoms with Crippen LogP contribution in [0.25, 0.3) is 0 Å². The van der Waals surface area contributed by atoms with E-state index < -0.39 is 18.1 Å². The monoisotopic (exact) mass is 283 g/mol. The van der Waals surface area contributed by atoms with Crippen molar-refractivity contribution in [3.63, 3.8) is 0 Å². The summed E-state index contributed by atoms with van der Waals surface area (Å²) in [6, 6.07) is 4.59. The van der Waals surface area contributed by atoms with Gasteiger partial charge in [-0.2, -0.15) is 0 Å². The zero-order valence-electron chi connectivity index (χ0n) is 11.9. The third-order valence-electron chi connectivity index (χ3n) is 3.14. The topological polar surface area (TPSA) is 38.3 Å². The second-order valence-electron chi connectivity index (χ2n) is 6.08.